The van der Waals surface area contributed by atoms with Crippen LogP contribution in [0.3, 0.4) is 0 Å². The molecule has 2 aromatic heterocycles. The Morgan fingerprint density at radius 2 is 1.87 bits per heavy atom. The Hall–Kier alpha value is -2.55. The van der Waals surface area contributed by atoms with Crippen LogP contribution in [0.25, 0.3) is 0 Å². The van der Waals surface area contributed by atoms with Crippen LogP contribution in [0.4, 0.5) is 17.7 Å². The number of hydrogen-bond acceptors (Lipinski definition) is 9. The number of aromatic nitrogens is 5. The summed E-state index contributed by atoms with van der Waals surface area (Å²) < 4.78 is 0. The first-order chi connectivity index (χ1) is 11.1. The fourth-order valence-corrected chi connectivity index (χ4v) is 2.49. The van der Waals surface area contributed by atoms with Crippen LogP contribution in [-0.2, 0) is 6.54 Å². The highest BCUT2D eigenvalue weighted by Gasteiger charge is 2.19. The first-order valence-corrected chi connectivity index (χ1v) is 7.53. The van der Waals surface area contributed by atoms with Crippen LogP contribution in [0.2, 0.25) is 0 Å². The molecular formula is C14H21N9. The van der Waals surface area contributed by atoms with E-state index < -0.39 is 0 Å². The van der Waals surface area contributed by atoms with Crippen molar-refractivity contribution in [3.8, 4) is 0 Å². The number of rotatable bonds is 4. The lowest BCUT2D eigenvalue weighted by Crippen LogP contribution is -2.46. The van der Waals surface area contributed by atoms with Crippen molar-refractivity contribution < 1.29 is 0 Å². The Bertz CT molecular complexity index is 638. The zero-order valence-electron chi connectivity index (χ0n) is 13.4. The average molecular weight is 315 g/mol. The Morgan fingerprint density at radius 3 is 2.52 bits per heavy atom. The quantitative estimate of drug-likeness (QED) is 0.810. The average Bonchev–Trinajstić information content (AvgIpc) is 2.56. The Morgan fingerprint density at radius 1 is 1.09 bits per heavy atom. The first-order valence-electron chi connectivity index (χ1n) is 7.53. The maximum Gasteiger partial charge on any atom is 0.229 e. The second-order valence-corrected chi connectivity index (χ2v) is 5.63. The lowest BCUT2D eigenvalue weighted by atomic mass is 10.3. The molecule has 0 amide bonds. The maximum atomic E-state index is 5.77. The lowest BCUT2D eigenvalue weighted by molar-refractivity contribution is 0.243. The minimum Gasteiger partial charge on any atom is -0.368 e. The van der Waals surface area contributed by atoms with Crippen LogP contribution in [0.15, 0.2) is 18.6 Å². The third kappa shape index (κ3) is 3.81. The van der Waals surface area contributed by atoms with Crippen LogP contribution in [0, 0.1) is 0 Å². The van der Waals surface area contributed by atoms with Gasteiger partial charge in [-0.3, -0.25) is 9.88 Å². The van der Waals surface area contributed by atoms with Crippen LogP contribution in [0.1, 0.15) is 5.82 Å². The monoisotopic (exact) mass is 315 g/mol. The van der Waals surface area contributed by atoms with Crippen molar-refractivity contribution in [1.82, 2.24) is 29.8 Å². The molecule has 0 atom stereocenters. The van der Waals surface area contributed by atoms with E-state index in [1.54, 1.807) is 18.6 Å². The summed E-state index contributed by atoms with van der Waals surface area (Å²) in [7, 11) is 3.77. The van der Waals surface area contributed by atoms with Crippen molar-refractivity contribution >= 4 is 17.7 Å². The predicted molar refractivity (Wildman–Crippen MR) is 88.1 cm³/mol. The molecule has 122 valence electrons. The SMILES string of the molecule is CN(C)c1nc(N)nc(CN2CCN(c3cnccn3)CC2)n1. The minimum atomic E-state index is 0.261. The van der Waals surface area contributed by atoms with E-state index in [-0.39, 0.29) is 5.95 Å². The van der Waals surface area contributed by atoms with E-state index in [1.807, 2.05) is 19.0 Å². The van der Waals surface area contributed by atoms with E-state index >= 15 is 0 Å². The second-order valence-electron chi connectivity index (χ2n) is 5.63. The van der Waals surface area contributed by atoms with Gasteiger partial charge in [0.1, 0.15) is 11.6 Å². The minimum absolute atomic E-state index is 0.261. The molecule has 3 rings (SSSR count). The molecule has 9 heteroatoms. The molecule has 2 aromatic rings. The molecule has 2 N–H and O–H groups in total. The number of anilines is 3. The van der Waals surface area contributed by atoms with Gasteiger partial charge in [-0.25, -0.2) is 4.98 Å². The lowest BCUT2D eigenvalue weighted by Gasteiger charge is -2.34. The van der Waals surface area contributed by atoms with E-state index in [0.29, 0.717) is 18.3 Å². The van der Waals surface area contributed by atoms with Gasteiger partial charge in [-0.15, -0.1) is 0 Å². The molecule has 1 aliphatic rings. The van der Waals surface area contributed by atoms with E-state index in [4.69, 9.17) is 5.73 Å². The molecular weight excluding hydrogens is 294 g/mol. The zero-order valence-corrected chi connectivity index (χ0v) is 13.4. The fourth-order valence-electron chi connectivity index (χ4n) is 2.49. The van der Waals surface area contributed by atoms with Gasteiger partial charge in [0, 0.05) is 52.7 Å². The first kappa shape index (κ1) is 15.3. The third-order valence-electron chi connectivity index (χ3n) is 3.70. The van der Waals surface area contributed by atoms with Crippen molar-refractivity contribution in [2.75, 3.05) is 55.8 Å². The van der Waals surface area contributed by atoms with Crippen LogP contribution < -0.4 is 15.5 Å². The normalized spacial score (nSPS) is 15.7. The highest BCUT2D eigenvalue weighted by Crippen LogP contribution is 2.13. The van der Waals surface area contributed by atoms with Gasteiger partial charge in [-0.2, -0.15) is 15.0 Å². The van der Waals surface area contributed by atoms with Gasteiger partial charge in [-0.05, 0) is 0 Å². The van der Waals surface area contributed by atoms with Crippen molar-refractivity contribution in [2.45, 2.75) is 6.54 Å². The van der Waals surface area contributed by atoms with Gasteiger partial charge in [0.15, 0.2) is 0 Å². The highest BCUT2D eigenvalue weighted by molar-refractivity contribution is 5.36. The molecule has 1 saturated heterocycles. The molecule has 1 fully saturated rings. The topological polar surface area (TPSA) is 100 Å². The fraction of sp³-hybridized carbons (Fsp3) is 0.500. The summed E-state index contributed by atoms with van der Waals surface area (Å²) in [6.07, 6.45) is 5.21. The summed E-state index contributed by atoms with van der Waals surface area (Å²) in [6.45, 7) is 4.31. The van der Waals surface area contributed by atoms with Gasteiger partial charge in [0.25, 0.3) is 0 Å². The number of nitrogens with zero attached hydrogens (tertiary/aromatic N) is 8. The molecule has 0 unspecified atom stereocenters. The second kappa shape index (κ2) is 6.69. The standard InChI is InChI=1S/C14H21N9/c1-21(2)14-19-11(18-13(15)20-14)10-22-5-7-23(8-6-22)12-9-16-3-4-17-12/h3-4,9H,5-8,10H2,1-2H3,(H2,15,18,19,20). The summed E-state index contributed by atoms with van der Waals surface area (Å²) in [5.74, 6) is 2.48. The van der Waals surface area contributed by atoms with Crippen molar-refractivity contribution in [1.29, 1.82) is 0 Å². The van der Waals surface area contributed by atoms with Crippen molar-refractivity contribution in [2.24, 2.45) is 0 Å². The Balaban J connectivity index is 1.61. The zero-order chi connectivity index (χ0) is 16.2. The van der Waals surface area contributed by atoms with E-state index in [9.17, 15) is 0 Å². The molecule has 0 saturated carbocycles. The predicted octanol–water partition coefficient (Wildman–Crippen LogP) is -0.368. The molecule has 9 nitrogen and oxygen atoms in total. The Labute approximate surface area is 135 Å². The molecule has 0 spiro atoms. The summed E-state index contributed by atoms with van der Waals surface area (Å²) in [4.78, 5) is 27.6. The molecule has 0 aliphatic carbocycles. The van der Waals surface area contributed by atoms with Gasteiger partial charge < -0.3 is 15.5 Å². The van der Waals surface area contributed by atoms with Gasteiger partial charge in [0.2, 0.25) is 11.9 Å². The summed E-state index contributed by atoms with van der Waals surface area (Å²) in [5, 5.41) is 0. The summed E-state index contributed by atoms with van der Waals surface area (Å²) >= 11 is 0. The van der Waals surface area contributed by atoms with Gasteiger partial charge in [0.05, 0.1) is 12.7 Å². The Kier molecular flexibility index (Phi) is 4.47. The third-order valence-corrected chi connectivity index (χ3v) is 3.70. The molecule has 0 aromatic carbocycles. The number of piperazine rings is 1. The van der Waals surface area contributed by atoms with E-state index in [0.717, 1.165) is 32.0 Å². The van der Waals surface area contributed by atoms with Gasteiger partial charge >= 0.3 is 0 Å². The largest absolute Gasteiger partial charge is 0.368 e. The van der Waals surface area contributed by atoms with Crippen LogP contribution in [0.5, 0.6) is 0 Å². The van der Waals surface area contributed by atoms with E-state index in [2.05, 4.69) is 34.7 Å². The summed E-state index contributed by atoms with van der Waals surface area (Å²) in [6, 6.07) is 0. The van der Waals surface area contributed by atoms with Crippen LogP contribution >= 0.6 is 0 Å². The molecule has 0 bridgehead atoms. The number of hydrogen-bond donors (Lipinski definition) is 1. The van der Waals surface area contributed by atoms with Crippen molar-refractivity contribution in [3.63, 3.8) is 0 Å². The highest BCUT2D eigenvalue weighted by atomic mass is 15.3. The molecule has 23 heavy (non-hydrogen) atoms. The maximum absolute atomic E-state index is 5.77. The smallest absolute Gasteiger partial charge is 0.229 e. The molecule has 0 radical (unpaired) electrons. The molecule has 1 aliphatic heterocycles. The van der Waals surface area contributed by atoms with E-state index in [1.165, 1.54) is 0 Å². The number of nitrogens with two attached hydrogens (primary N) is 1. The number of nitrogen functional groups attached to an aromatic ring is 1. The van der Waals surface area contributed by atoms with Crippen LogP contribution in [-0.4, -0.2) is 70.1 Å². The van der Waals surface area contributed by atoms with Gasteiger partial charge in [-0.1, -0.05) is 0 Å². The summed E-state index contributed by atoms with van der Waals surface area (Å²) in [5.41, 5.74) is 5.77. The van der Waals surface area contributed by atoms with Crippen molar-refractivity contribution in [3.05, 3.63) is 24.4 Å². The molecule has 3 heterocycles.